The molecule has 0 saturated heterocycles. The Morgan fingerprint density at radius 1 is 1.22 bits per heavy atom. The van der Waals surface area contributed by atoms with Crippen LogP contribution in [0.3, 0.4) is 0 Å². The first-order valence-electron chi connectivity index (χ1n) is 8.74. The lowest BCUT2D eigenvalue weighted by atomic mass is 10.2. The van der Waals surface area contributed by atoms with Gasteiger partial charge in [0.05, 0.1) is 10.6 Å². The van der Waals surface area contributed by atoms with Crippen LogP contribution in [-0.4, -0.2) is 66.0 Å². The van der Waals surface area contributed by atoms with Gasteiger partial charge in [-0.2, -0.15) is 0 Å². The van der Waals surface area contributed by atoms with Gasteiger partial charge in [0.25, 0.3) is 5.91 Å². The predicted octanol–water partition coefficient (Wildman–Crippen LogP) is 3.53. The summed E-state index contributed by atoms with van der Waals surface area (Å²) in [6.45, 7) is 8.31. The molecule has 0 unspecified atom stereocenters. The second-order valence-corrected chi connectivity index (χ2v) is 9.47. The Morgan fingerprint density at radius 3 is 2.48 bits per heavy atom. The van der Waals surface area contributed by atoms with Gasteiger partial charge in [0.15, 0.2) is 0 Å². The number of likely N-dealkylation sites (N-methyl/N-ethyl adjacent to an activating group) is 1. The molecule has 0 saturated carbocycles. The van der Waals surface area contributed by atoms with Gasteiger partial charge in [-0.05, 0) is 53.2 Å². The number of rotatable bonds is 7. The van der Waals surface area contributed by atoms with E-state index >= 15 is 0 Å². The van der Waals surface area contributed by atoms with E-state index in [-0.39, 0.29) is 12.5 Å². The minimum atomic E-state index is -0.583. The summed E-state index contributed by atoms with van der Waals surface area (Å²) >= 11 is 2.96. The number of amides is 1. The molecule has 2 aromatic heterocycles. The number of hydrogen-bond acceptors (Lipinski definition) is 7. The summed E-state index contributed by atoms with van der Waals surface area (Å²) in [6.07, 6.45) is 0. The standard InChI is InChI=1S/C19H27N3O3S2/c1-13-16(27-17(20-13)14-8-7-11-26-14)18(24)22(10-9-21(5)6)12-15(23)25-19(2,3)4/h7-8,11H,9-10,12H2,1-6H3. The zero-order chi connectivity index (χ0) is 20.2. The molecule has 0 aliphatic rings. The van der Waals surface area contributed by atoms with Crippen molar-refractivity contribution in [3.63, 3.8) is 0 Å². The second-order valence-electron chi connectivity index (χ2n) is 7.53. The summed E-state index contributed by atoms with van der Waals surface area (Å²) in [6, 6.07) is 3.95. The molecule has 2 rings (SSSR count). The number of thiophene rings is 1. The van der Waals surface area contributed by atoms with E-state index in [0.29, 0.717) is 23.7 Å². The summed E-state index contributed by atoms with van der Waals surface area (Å²) < 4.78 is 5.40. The zero-order valence-electron chi connectivity index (χ0n) is 16.7. The minimum absolute atomic E-state index is 0.0738. The Morgan fingerprint density at radius 2 is 1.93 bits per heavy atom. The Bertz CT molecular complexity index is 777. The Labute approximate surface area is 168 Å². The van der Waals surface area contributed by atoms with Crippen molar-refractivity contribution in [1.29, 1.82) is 0 Å². The van der Waals surface area contributed by atoms with Crippen molar-refractivity contribution >= 4 is 34.6 Å². The fourth-order valence-electron chi connectivity index (χ4n) is 2.35. The lowest BCUT2D eigenvalue weighted by Gasteiger charge is -2.26. The van der Waals surface area contributed by atoms with Crippen molar-refractivity contribution in [2.75, 3.05) is 33.7 Å². The number of nitrogens with zero attached hydrogens (tertiary/aromatic N) is 3. The molecule has 8 heteroatoms. The molecule has 0 bridgehead atoms. The first kappa shape index (κ1) is 21.5. The summed E-state index contributed by atoms with van der Waals surface area (Å²) in [5.74, 6) is -0.587. The lowest BCUT2D eigenvalue weighted by Crippen LogP contribution is -2.42. The monoisotopic (exact) mass is 409 g/mol. The lowest BCUT2D eigenvalue weighted by molar-refractivity contribution is -0.155. The summed E-state index contributed by atoms with van der Waals surface area (Å²) in [7, 11) is 3.87. The SMILES string of the molecule is Cc1nc(-c2cccs2)sc1C(=O)N(CCN(C)C)CC(=O)OC(C)(C)C. The number of esters is 1. The van der Waals surface area contributed by atoms with Gasteiger partial charge in [-0.3, -0.25) is 9.59 Å². The molecule has 0 radical (unpaired) electrons. The van der Waals surface area contributed by atoms with Crippen molar-refractivity contribution in [1.82, 2.24) is 14.8 Å². The van der Waals surface area contributed by atoms with E-state index in [2.05, 4.69) is 4.98 Å². The van der Waals surface area contributed by atoms with Gasteiger partial charge in [0.1, 0.15) is 22.0 Å². The molecule has 1 amide bonds. The highest BCUT2D eigenvalue weighted by Crippen LogP contribution is 2.31. The molecule has 0 spiro atoms. The van der Waals surface area contributed by atoms with Crippen LogP contribution in [-0.2, 0) is 9.53 Å². The fourth-order valence-corrected chi connectivity index (χ4v) is 4.18. The van der Waals surface area contributed by atoms with Crippen LogP contribution in [0.5, 0.6) is 0 Å². The van der Waals surface area contributed by atoms with Crippen molar-refractivity contribution in [3.8, 4) is 9.88 Å². The summed E-state index contributed by atoms with van der Waals surface area (Å²) in [4.78, 5) is 35.1. The van der Waals surface area contributed by atoms with E-state index in [1.165, 1.54) is 11.3 Å². The third-order valence-corrected chi connectivity index (χ3v) is 5.75. The van der Waals surface area contributed by atoms with Crippen molar-refractivity contribution in [2.24, 2.45) is 0 Å². The molecule has 0 aliphatic carbocycles. The average Bonchev–Trinajstić information content (AvgIpc) is 3.18. The Kier molecular flexibility index (Phi) is 7.13. The van der Waals surface area contributed by atoms with Crippen molar-refractivity contribution in [2.45, 2.75) is 33.3 Å². The van der Waals surface area contributed by atoms with Gasteiger partial charge in [-0.1, -0.05) is 6.07 Å². The highest BCUT2D eigenvalue weighted by atomic mass is 32.1. The van der Waals surface area contributed by atoms with Crippen LogP contribution in [0.15, 0.2) is 17.5 Å². The quantitative estimate of drug-likeness (QED) is 0.655. The predicted molar refractivity (Wildman–Crippen MR) is 110 cm³/mol. The van der Waals surface area contributed by atoms with E-state index in [0.717, 1.165) is 9.88 Å². The number of ether oxygens (including phenoxy) is 1. The highest BCUT2D eigenvalue weighted by molar-refractivity contribution is 7.22. The van der Waals surface area contributed by atoms with Gasteiger partial charge in [0.2, 0.25) is 0 Å². The first-order chi connectivity index (χ1) is 12.6. The van der Waals surface area contributed by atoms with E-state index < -0.39 is 11.6 Å². The molecule has 2 aromatic rings. The molecular weight excluding hydrogens is 382 g/mol. The summed E-state index contributed by atoms with van der Waals surface area (Å²) in [5.41, 5.74) is 0.104. The second kappa shape index (κ2) is 8.95. The number of carbonyl (C=O) groups is 2. The van der Waals surface area contributed by atoms with E-state index in [1.807, 2.05) is 64.2 Å². The summed E-state index contributed by atoms with van der Waals surface area (Å²) in [5, 5.41) is 2.81. The number of hydrogen-bond donors (Lipinski definition) is 0. The van der Waals surface area contributed by atoms with Crippen LogP contribution in [0.1, 0.15) is 36.1 Å². The molecular formula is C19H27N3O3S2. The third-order valence-electron chi connectivity index (χ3n) is 3.57. The molecule has 0 fully saturated rings. The van der Waals surface area contributed by atoms with Gasteiger partial charge < -0.3 is 14.5 Å². The number of thiazole rings is 1. The van der Waals surface area contributed by atoms with Crippen LogP contribution in [0, 0.1) is 6.92 Å². The normalized spacial score (nSPS) is 11.7. The maximum absolute atomic E-state index is 13.1. The average molecular weight is 410 g/mol. The Hall–Kier alpha value is -1.77. The van der Waals surface area contributed by atoms with E-state index in [1.54, 1.807) is 16.2 Å². The van der Waals surface area contributed by atoms with Gasteiger partial charge in [-0.25, -0.2) is 4.98 Å². The van der Waals surface area contributed by atoms with Crippen LogP contribution in [0.25, 0.3) is 9.88 Å². The molecule has 6 nitrogen and oxygen atoms in total. The number of carbonyl (C=O) groups excluding carboxylic acids is 2. The minimum Gasteiger partial charge on any atom is -0.459 e. The number of aryl methyl sites for hydroxylation is 1. The van der Waals surface area contributed by atoms with Gasteiger partial charge in [0, 0.05) is 13.1 Å². The van der Waals surface area contributed by atoms with Crippen molar-refractivity contribution in [3.05, 3.63) is 28.1 Å². The maximum atomic E-state index is 13.1. The van der Waals surface area contributed by atoms with Crippen LogP contribution < -0.4 is 0 Å². The third kappa shape index (κ3) is 6.41. The van der Waals surface area contributed by atoms with Crippen molar-refractivity contribution < 1.29 is 14.3 Å². The zero-order valence-corrected chi connectivity index (χ0v) is 18.4. The molecule has 2 heterocycles. The molecule has 0 aromatic carbocycles. The van der Waals surface area contributed by atoms with E-state index in [4.69, 9.17) is 4.74 Å². The van der Waals surface area contributed by atoms with Crippen LogP contribution in [0.2, 0.25) is 0 Å². The highest BCUT2D eigenvalue weighted by Gasteiger charge is 2.26. The van der Waals surface area contributed by atoms with Crippen LogP contribution >= 0.6 is 22.7 Å². The largest absolute Gasteiger partial charge is 0.459 e. The van der Waals surface area contributed by atoms with Crippen LogP contribution in [0.4, 0.5) is 0 Å². The smallest absolute Gasteiger partial charge is 0.326 e. The molecule has 27 heavy (non-hydrogen) atoms. The Balaban J connectivity index is 2.21. The molecule has 0 N–H and O–H groups in total. The fraction of sp³-hybridized carbons (Fsp3) is 0.526. The molecule has 148 valence electrons. The molecule has 0 aliphatic heterocycles. The number of aromatic nitrogens is 1. The topological polar surface area (TPSA) is 62.7 Å². The van der Waals surface area contributed by atoms with E-state index in [9.17, 15) is 9.59 Å². The first-order valence-corrected chi connectivity index (χ1v) is 10.4. The van der Waals surface area contributed by atoms with Gasteiger partial charge in [-0.15, -0.1) is 22.7 Å². The van der Waals surface area contributed by atoms with Gasteiger partial charge >= 0.3 is 5.97 Å². The maximum Gasteiger partial charge on any atom is 0.326 e. The molecule has 0 atom stereocenters.